The number of carbonyl (C=O) groups excluding carboxylic acids is 3. The number of carboxylic acids is 1. The van der Waals surface area contributed by atoms with Gasteiger partial charge in [0.15, 0.2) is 0 Å². The Hall–Kier alpha value is -3.00. The highest BCUT2D eigenvalue weighted by molar-refractivity contribution is 8.03. The van der Waals surface area contributed by atoms with Gasteiger partial charge in [0.2, 0.25) is 17.7 Å². The predicted molar refractivity (Wildman–Crippen MR) is 165 cm³/mol. The minimum atomic E-state index is -1.14. The standard InChI is InChI=1S/C31H45N5O7S/c1-19-26-25(20(2)37)30(40)36(26)27(31(41)42)28(19)44-22-15-23(35-17-22)29(39)34-13-6-3-5-12-33-24(38)18-43-14-7-4-9-21-10-8-11-32-16-21/h8,10-11,16,19-20,22-23,25-26,35,37H,3-7,9,12-15,17-18H2,1-2H3,(H,33,38)(H,34,39)(H,41,42)/t19-,20-,22+,23+,25-,26?/m1/s1. The van der Waals surface area contributed by atoms with Gasteiger partial charge in [-0.1, -0.05) is 13.0 Å². The minimum Gasteiger partial charge on any atom is -0.477 e. The fraction of sp³-hybridized carbons (Fsp3) is 0.645. The molecule has 12 nitrogen and oxygen atoms in total. The molecule has 1 unspecified atom stereocenters. The Morgan fingerprint density at radius 1 is 1.18 bits per heavy atom. The SMILES string of the molecule is C[C@H]1C(S[C@@H]2CN[C@H](C(=O)NCCCCCNC(=O)COCCCCc3cccnc3)C2)=C(C(=O)O)N2C(=O)[C@H]([C@@H](C)O)C12. The summed E-state index contributed by atoms with van der Waals surface area (Å²) in [5.74, 6) is -2.48. The predicted octanol–water partition coefficient (Wildman–Crippen LogP) is 1.44. The van der Waals surface area contributed by atoms with Crippen LogP contribution in [0.4, 0.5) is 0 Å². The number of unbranched alkanes of at least 4 members (excludes halogenated alkanes) is 3. The Morgan fingerprint density at radius 2 is 1.95 bits per heavy atom. The van der Waals surface area contributed by atoms with Crippen molar-refractivity contribution in [3.05, 3.63) is 40.7 Å². The number of aliphatic carboxylic acids is 1. The summed E-state index contributed by atoms with van der Waals surface area (Å²) in [4.78, 5) is 55.3. The molecule has 0 saturated carbocycles. The van der Waals surface area contributed by atoms with Gasteiger partial charge in [-0.2, -0.15) is 0 Å². The third-order valence-corrected chi connectivity index (χ3v) is 9.96. The van der Waals surface area contributed by atoms with Crippen LogP contribution < -0.4 is 16.0 Å². The number of carboxylic acid groups (broad SMARTS) is 1. The van der Waals surface area contributed by atoms with Gasteiger partial charge in [0.1, 0.15) is 12.3 Å². The van der Waals surface area contributed by atoms with E-state index in [0.717, 1.165) is 38.5 Å². The number of aliphatic hydroxyl groups excluding tert-OH is 1. The first-order valence-corrected chi connectivity index (χ1v) is 16.5. The summed E-state index contributed by atoms with van der Waals surface area (Å²) in [7, 11) is 0. The van der Waals surface area contributed by atoms with Gasteiger partial charge in [0.05, 0.1) is 24.1 Å². The Kier molecular flexibility index (Phi) is 12.6. The number of nitrogens with one attached hydrogen (secondary N) is 3. The number of thioether (sulfide) groups is 1. The molecule has 3 aliphatic heterocycles. The number of carbonyl (C=O) groups is 4. The maximum atomic E-state index is 12.7. The summed E-state index contributed by atoms with van der Waals surface area (Å²) in [6.07, 6.45) is 8.62. The van der Waals surface area contributed by atoms with Gasteiger partial charge in [0.25, 0.3) is 0 Å². The lowest BCUT2D eigenvalue weighted by Crippen LogP contribution is -2.63. The van der Waals surface area contributed by atoms with Crippen molar-refractivity contribution >= 4 is 35.5 Å². The number of fused-ring (bicyclic) bond motifs is 1. The molecule has 6 atom stereocenters. The summed E-state index contributed by atoms with van der Waals surface area (Å²) in [6.45, 7) is 5.73. The van der Waals surface area contributed by atoms with Crippen LogP contribution in [-0.2, 0) is 30.3 Å². The summed E-state index contributed by atoms with van der Waals surface area (Å²) in [5, 5.41) is 28.9. The molecule has 1 aromatic heterocycles. The van der Waals surface area contributed by atoms with Gasteiger partial charge in [0, 0.05) is 54.7 Å². The van der Waals surface area contributed by atoms with E-state index in [1.165, 1.54) is 22.2 Å². The number of aliphatic hydroxyl groups is 1. The molecule has 0 radical (unpaired) electrons. The monoisotopic (exact) mass is 631 g/mol. The molecule has 44 heavy (non-hydrogen) atoms. The molecule has 4 rings (SSSR count). The Balaban J connectivity index is 1.04. The van der Waals surface area contributed by atoms with Crippen molar-refractivity contribution in [2.24, 2.45) is 11.8 Å². The molecule has 0 spiro atoms. The van der Waals surface area contributed by atoms with Gasteiger partial charge >= 0.3 is 5.97 Å². The zero-order chi connectivity index (χ0) is 31.6. The molecule has 5 N–H and O–H groups in total. The first-order valence-electron chi connectivity index (χ1n) is 15.6. The molecular formula is C31H45N5O7S. The molecule has 1 aromatic rings. The number of aromatic nitrogens is 1. The second kappa shape index (κ2) is 16.4. The van der Waals surface area contributed by atoms with E-state index >= 15 is 0 Å². The largest absolute Gasteiger partial charge is 0.477 e. The van der Waals surface area contributed by atoms with E-state index in [1.807, 2.05) is 19.2 Å². The summed E-state index contributed by atoms with van der Waals surface area (Å²) in [5.41, 5.74) is 1.21. The Morgan fingerprint density at radius 3 is 2.66 bits per heavy atom. The molecule has 2 saturated heterocycles. The van der Waals surface area contributed by atoms with Gasteiger partial charge in [-0.3, -0.25) is 19.4 Å². The molecule has 0 bridgehead atoms. The Bertz CT molecular complexity index is 1200. The van der Waals surface area contributed by atoms with Crippen molar-refractivity contribution < 1.29 is 34.1 Å². The van der Waals surface area contributed by atoms with E-state index in [1.54, 1.807) is 13.1 Å². The minimum absolute atomic E-state index is 0.00390. The number of nitrogens with zero attached hydrogens (tertiary/aromatic N) is 2. The lowest BCUT2D eigenvalue weighted by Gasteiger charge is -2.46. The van der Waals surface area contributed by atoms with Crippen LogP contribution in [0, 0.1) is 11.8 Å². The van der Waals surface area contributed by atoms with Crippen LogP contribution in [-0.4, -0.2) is 100 Å². The molecule has 0 aromatic carbocycles. The number of pyridine rings is 1. The van der Waals surface area contributed by atoms with Gasteiger partial charge in [-0.05, 0) is 63.5 Å². The van der Waals surface area contributed by atoms with E-state index in [4.69, 9.17) is 4.74 Å². The Labute approximate surface area is 262 Å². The first kappa shape index (κ1) is 33.9. The van der Waals surface area contributed by atoms with E-state index in [0.29, 0.717) is 37.6 Å². The van der Waals surface area contributed by atoms with Crippen molar-refractivity contribution in [3.63, 3.8) is 0 Å². The molecule has 13 heteroatoms. The zero-order valence-electron chi connectivity index (χ0n) is 25.5. The molecule has 3 aliphatic rings. The molecule has 3 amide bonds. The van der Waals surface area contributed by atoms with Crippen molar-refractivity contribution in [2.75, 3.05) is 32.8 Å². The molecular weight excluding hydrogens is 586 g/mol. The van der Waals surface area contributed by atoms with E-state index < -0.39 is 18.0 Å². The van der Waals surface area contributed by atoms with Crippen LogP contribution in [0.1, 0.15) is 57.9 Å². The summed E-state index contributed by atoms with van der Waals surface area (Å²) in [6, 6.07) is 3.27. The fourth-order valence-corrected chi connectivity index (χ4v) is 7.61. The summed E-state index contributed by atoms with van der Waals surface area (Å²) >= 11 is 1.43. The maximum Gasteiger partial charge on any atom is 0.353 e. The van der Waals surface area contributed by atoms with E-state index in [9.17, 15) is 29.4 Å². The van der Waals surface area contributed by atoms with Crippen molar-refractivity contribution in [2.45, 2.75) is 82.2 Å². The van der Waals surface area contributed by atoms with Crippen molar-refractivity contribution in [3.8, 4) is 0 Å². The highest BCUT2D eigenvalue weighted by atomic mass is 32.2. The number of aryl methyl sites for hydroxylation is 1. The topological polar surface area (TPSA) is 170 Å². The normalized spacial score (nSPS) is 25.0. The number of hydrogen-bond donors (Lipinski definition) is 5. The van der Waals surface area contributed by atoms with Gasteiger partial charge < -0.3 is 35.8 Å². The maximum absolute atomic E-state index is 12.7. The number of ether oxygens (including phenoxy) is 1. The van der Waals surface area contributed by atoms with Crippen LogP contribution in [0.25, 0.3) is 0 Å². The average molecular weight is 632 g/mol. The van der Waals surface area contributed by atoms with Crippen LogP contribution in [0.2, 0.25) is 0 Å². The second-order valence-electron chi connectivity index (χ2n) is 11.8. The lowest BCUT2D eigenvalue weighted by molar-refractivity contribution is -0.163. The average Bonchev–Trinajstić information content (AvgIpc) is 3.56. The quantitative estimate of drug-likeness (QED) is 0.118. The highest BCUT2D eigenvalue weighted by Crippen LogP contribution is 2.51. The summed E-state index contributed by atoms with van der Waals surface area (Å²) < 4.78 is 5.46. The molecule has 4 heterocycles. The number of rotatable bonds is 18. The highest BCUT2D eigenvalue weighted by Gasteiger charge is 2.60. The van der Waals surface area contributed by atoms with Crippen LogP contribution >= 0.6 is 11.8 Å². The first-order chi connectivity index (χ1) is 21.2. The number of hydrogen-bond acceptors (Lipinski definition) is 9. The number of amides is 3. The van der Waals surface area contributed by atoms with Gasteiger partial charge in [-0.25, -0.2) is 4.79 Å². The van der Waals surface area contributed by atoms with Gasteiger partial charge in [-0.15, -0.1) is 11.8 Å². The smallest absolute Gasteiger partial charge is 0.353 e. The molecule has 242 valence electrons. The fourth-order valence-electron chi connectivity index (χ4n) is 6.14. The van der Waals surface area contributed by atoms with Crippen molar-refractivity contribution in [1.29, 1.82) is 0 Å². The van der Waals surface area contributed by atoms with E-state index in [2.05, 4.69) is 27.0 Å². The zero-order valence-corrected chi connectivity index (χ0v) is 26.3. The third-order valence-electron chi connectivity index (χ3n) is 8.45. The molecule has 0 aliphatic carbocycles. The second-order valence-corrected chi connectivity index (χ2v) is 13.1. The van der Waals surface area contributed by atoms with Crippen molar-refractivity contribution in [1.82, 2.24) is 25.8 Å². The van der Waals surface area contributed by atoms with Crippen LogP contribution in [0.5, 0.6) is 0 Å². The third kappa shape index (κ3) is 8.58. The van der Waals surface area contributed by atoms with Crippen LogP contribution in [0.15, 0.2) is 35.1 Å². The van der Waals surface area contributed by atoms with E-state index in [-0.39, 0.29) is 53.3 Å². The lowest BCUT2D eigenvalue weighted by atomic mass is 9.79. The number of β-lactam (4-membered cyclic amide) rings is 1. The van der Waals surface area contributed by atoms with Crippen LogP contribution in [0.3, 0.4) is 0 Å². The molecule has 2 fully saturated rings.